The van der Waals surface area contributed by atoms with Gasteiger partial charge in [-0.15, -0.1) is 0 Å². The molecule has 138 valence electrons. The summed E-state index contributed by atoms with van der Waals surface area (Å²) in [6.45, 7) is 0. The van der Waals surface area contributed by atoms with E-state index in [1.54, 1.807) is 17.0 Å². The first-order valence-corrected chi connectivity index (χ1v) is 9.82. The summed E-state index contributed by atoms with van der Waals surface area (Å²) in [5.41, 5.74) is 1.82. The lowest BCUT2D eigenvalue weighted by Gasteiger charge is -2.51. The number of amides is 1. The van der Waals surface area contributed by atoms with Gasteiger partial charge in [0.2, 0.25) is 5.91 Å². The summed E-state index contributed by atoms with van der Waals surface area (Å²) in [6.07, 6.45) is 6.82. The summed E-state index contributed by atoms with van der Waals surface area (Å²) >= 11 is 12.1. The van der Waals surface area contributed by atoms with Crippen LogP contribution in [0.1, 0.15) is 24.4 Å². The van der Waals surface area contributed by atoms with Crippen molar-refractivity contribution in [3.63, 3.8) is 0 Å². The standard InChI is InChI=1S/C22H19Cl2NO2/c23-16-7-5-14(6-8-16)21-20(19-4-2-1-3-15(19)13-26)22(27)25(21)18-11-9-17(24)10-12-18/h2,4-13,15,19-21H,1,3H2/t15-,19-,20+,21+/m0/s1. The van der Waals surface area contributed by atoms with Gasteiger partial charge in [-0.05, 0) is 54.8 Å². The monoisotopic (exact) mass is 399 g/mol. The second-order valence-corrected chi connectivity index (χ2v) is 7.96. The Balaban J connectivity index is 1.74. The highest BCUT2D eigenvalue weighted by Gasteiger charge is 2.53. The van der Waals surface area contributed by atoms with Crippen molar-refractivity contribution in [3.8, 4) is 0 Å². The van der Waals surface area contributed by atoms with E-state index >= 15 is 0 Å². The minimum absolute atomic E-state index is 0.0423. The highest BCUT2D eigenvalue weighted by molar-refractivity contribution is 6.31. The van der Waals surface area contributed by atoms with Crippen molar-refractivity contribution in [3.05, 3.63) is 76.3 Å². The Bertz CT molecular complexity index is 876. The molecule has 0 radical (unpaired) electrons. The highest BCUT2D eigenvalue weighted by Crippen LogP contribution is 2.50. The van der Waals surface area contributed by atoms with E-state index in [0.717, 1.165) is 30.4 Å². The van der Waals surface area contributed by atoms with Gasteiger partial charge in [0.1, 0.15) is 6.29 Å². The molecule has 3 nitrogen and oxygen atoms in total. The SMILES string of the molecule is O=C[C@@H]1CCC=C[C@@H]1[C@H]1C(=O)N(c2ccc(Cl)cc2)[C@@H]1c1ccc(Cl)cc1. The van der Waals surface area contributed by atoms with Gasteiger partial charge >= 0.3 is 0 Å². The van der Waals surface area contributed by atoms with Crippen molar-refractivity contribution in [2.45, 2.75) is 18.9 Å². The number of halogens is 2. The largest absolute Gasteiger partial charge is 0.304 e. The number of rotatable bonds is 4. The molecule has 1 heterocycles. The summed E-state index contributed by atoms with van der Waals surface area (Å²) in [5, 5.41) is 1.28. The van der Waals surface area contributed by atoms with Gasteiger partial charge < -0.3 is 9.69 Å². The molecule has 1 aliphatic heterocycles. The van der Waals surface area contributed by atoms with Crippen LogP contribution in [0.25, 0.3) is 0 Å². The van der Waals surface area contributed by atoms with E-state index in [0.29, 0.717) is 10.0 Å². The maximum absolute atomic E-state index is 13.2. The fraction of sp³-hybridized carbons (Fsp3) is 0.273. The maximum atomic E-state index is 13.2. The maximum Gasteiger partial charge on any atom is 0.233 e. The number of aldehydes is 1. The lowest BCUT2D eigenvalue weighted by atomic mass is 9.67. The van der Waals surface area contributed by atoms with Crippen molar-refractivity contribution in [1.82, 2.24) is 0 Å². The van der Waals surface area contributed by atoms with E-state index in [2.05, 4.69) is 6.08 Å². The van der Waals surface area contributed by atoms with Gasteiger partial charge in [0, 0.05) is 27.6 Å². The van der Waals surface area contributed by atoms with Crippen LogP contribution in [0.3, 0.4) is 0 Å². The minimum atomic E-state index is -0.256. The first-order valence-electron chi connectivity index (χ1n) is 9.06. The summed E-state index contributed by atoms with van der Waals surface area (Å²) in [5.74, 6) is -0.409. The molecule has 2 aromatic rings. The number of anilines is 1. The van der Waals surface area contributed by atoms with Gasteiger partial charge in [-0.1, -0.05) is 47.5 Å². The Labute approximate surface area is 168 Å². The molecule has 0 aromatic heterocycles. The van der Waals surface area contributed by atoms with E-state index in [1.807, 2.05) is 42.5 Å². The Hall–Kier alpha value is -2.10. The summed E-state index contributed by atoms with van der Waals surface area (Å²) in [6, 6.07) is 14.7. The first-order chi connectivity index (χ1) is 13.1. The molecule has 0 saturated carbocycles. The predicted octanol–water partition coefficient (Wildman–Crippen LogP) is 5.48. The van der Waals surface area contributed by atoms with Crippen LogP contribution in [0.15, 0.2) is 60.7 Å². The molecule has 1 saturated heterocycles. The van der Waals surface area contributed by atoms with Crippen LogP contribution in [0, 0.1) is 17.8 Å². The van der Waals surface area contributed by atoms with Crippen LogP contribution in [-0.2, 0) is 9.59 Å². The Morgan fingerprint density at radius 2 is 1.59 bits per heavy atom. The highest BCUT2D eigenvalue weighted by atomic mass is 35.5. The second-order valence-electron chi connectivity index (χ2n) is 7.09. The molecular formula is C22H19Cl2NO2. The van der Waals surface area contributed by atoms with E-state index in [-0.39, 0.29) is 29.7 Å². The van der Waals surface area contributed by atoms with Gasteiger partial charge in [-0.2, -0.15) is 0 Å². The molecule has 5 heteroatoms. The van der Waals surface area contributed by atoms with E-state index in [1.165, 1.54) is 0 Å². The Kier molecular flexibility index (Phi) is 5.07. The van der Waals surface area contributed by atoms with Crippen LogP contribution >= 0.6 is 23.2 Å². The number of allylic oxidation sites excluding steroid dienone is 2. The fourth-order valence-electron chi connectivity index (χ4n) is 4.21. The van der Waals surface area contributed by atoms with Crippen LogP contribution < -0.4 is 4.90 Å². The van der Waals surface area contributed by atoms with Crippen LogP contribution in [0.2, 0.25) is 10.0 Å². The lowest BCUT2D eigenvalue weighted by molar-refractivity contribution is -0.134. The minimum Gasteiger partial charge on any atom is -0.304 e. The molecule has 0 bridgehead atoms. The van der Waals surface area contributed by atoms with Crippen molar-refractivity contribution in [2.24, 2.45) is 17.8 Å². The molecule has 0 spiro atoms. The molecule has 4 rings (SSSR count). The van der Waals surface area contributed by atoms with Crippen molar-refractivity contribution in [2.75, 3.05) is 4.90 Å². The second kappa shape index (κ2) is 7.49. The van der Waals surface area contributed by atoms with E-state index < -0.39 is 0 Å². The lowest BCUT2D eigenvalue weighted by Crippen LogP contribution is -2.59. The fourth-order valence-corrected chi connectivity index (χ4v) is 4.47. The number of hydrogen-bond acceptors (Lipinski definition) is 2. The molecule has 0 N–H and O–H groups in total. The number of benzene rings is 2. The zero-order valence-corrected chi connectivity index (χ0v) is 16.1. The summed E-state index contributed by atoms with van der Waals surface area (Å²) in [4.78, 5) is 26.6. The zero-order chi connectivity index (χ0) is 19.0. The average Bonchev–Trinajstić information content (AvgIpc) is 2.69. The smallest absolute Gasteiger partial charge is 0.233 e. The Morgan fingerprint density at radius 1 is 0.963 bits per heavy atom. The number of hydrogen-bond donors (Lipinski definition) is 0. The number of carbonyl (C=O) groups is 2. The normalized spacial score (nSPS) is 27.3. The molecule has 1 fully saturated rings. The molecular weight excluding hydrogens is 381 g/mol. The van der Waals surface area contributed by atoms with Gasteiger partial charge in [0.25, 0.3) is 0 Å². The third-order valence-corrected chi connectivity index (χ3v) is 6.07. The molecule has 0 unspecified atom stereocenters. The van der Waals surface area contributed by atoms with Gasteiger partial charge in [0.05, 0.1) is 12.0 Å². The molecule has 2 aromatic carbocycles. The van der Waals surface area contributed by atoms with Crippen molar-refractivity contribution >= 4 is 41.1 Å². The average molecular weight is 400 g/mol. The Morgan fingerprint density at radius 3 is 2.22 bits per heavy atom. The summed E-state index contributed by atoms with van der Waals surface area (Å²) in [7, 11) is 0. The first kappa shape index (κ1) is 18.3. The summed E-state index contributed by atoms with van der Waals surface area (Å²) < 4.78 is 0. The topological polar surface area (TPSA) is 37.4 Å². The van der Waals surface area contributed by atoms with E-state index in [9.17, 15) is 9.59 Å². The van der Waals surface area contributed by atoms with E-state index in [4.69, 9.17) is 23.2 Å². The van der Waals surface area contributed by atoms with Crippen LogP contribution in [0.5, 0.6) is 0 Å². The van der Waals surface area contributed by atoms with Crippen molar-refractivity contribution < 1.29 is 9.59 Å². The predicted molar refractivity (Wildman–Crippen MR) is 108 cm³/mol. The van der Waals surface area contributed by atoms with Gasteiger partial charge in [-0.3, -0.25) is 4.79 Å². The number of β-lactam (4-membered cyclic amide) rings is 1. The molecule has 27 heavy (non-hydrogen) atoms. The third kappa shape index (κ3) is 3.30. The van der Waals surface area contributed by atoms with Crippen molar-refractivity contribution in [1.29, 1.82) is 0 Å². The molecule has 4 atom stereocenters. The molecule has 1 aliphatic carbocycles. The molecule has 2 aliphatic rings. The third-order valence-electron chi connectivity index (χ3n) is 5.57. The van der Waals surface area contributed by atoms with Crippen LogP contribution in [0.4, 0.5) is 5.69 Å². The zero-order valence-electron chi connectivity index (χ0n) is 14.6. The molecule has 1 amide bonds. The quantitative estimate of drug-likeness (QED) is 0.387. The van der Waals surface area contributed by atoms with Gasteiger partial charge in [-0.25, -0.2) is 0 Å². The van der Waals surface area contributed by atoms with Gasteiger partial charge in [0.15, 0.2) is 0 Å². The van der Waals surface area contributed by atoms with Crippen LogP contribution in [-0.4, -0.2) is 12.2 Å². The number of carbonyl (C=O) groups excluding carboxylic acids is 2. The number of nitrogens with zero attached hydrogens (tertiary/aromatic N) is 1.